The van der Waals surface area contributed by atoms with Gasteiger partial charge in [0.2, 0.25) is 5.91 Å². The van der Waals surface area contributed by atoms with E-state index in [0.29, 0.717) is 17.0 Å². The first-order valence-electron chi connectivity index (χ1n) is 9.17. The number of alkyl halides is 3. The zero-order valence-electron chi connectivity index (χ0n) is 16.3. The molecule has 2 N–H and O–H groups in total. The van der Waals surface area contributed by atoms with Crippen molar-refractivity contribution >= 4 is 35.0 Å². The maximum Gasteiger partial charge on any atom is 0.416 e. The molecular formula is C21H21Cl2F3N2O2. The topological polar surface area (TPSA) is 58.2 Å². The second kappa shape index (κ2) is 10.2. The summed E-state index contributed by atoms with van der Waals surface area (Å²) in [7, 11) is 0. The number of hydrogen-bond donors (Lipinski definition) is 2. The molecule has 4 nitrogen and oxygen atoms in total. The minimum Gasteiger partial charge on any atom is -0.350 e. The Morgan fingerprint density at radius 1 is 1.07 bits per heavy atom. The van der Waals surface area contributed by atoms with E-state index < -0.39 is 29.6 Å². The third kappa shape index (κ3) is 6.92. The number of hydrogen-bond acceptors (Lipinski definition) is 2. The van der Waals surface area contributed by atoms with Crippen molar-refractivity contribution < 1.29 is 22.8 Å². The second-order valence-corrected chi connectivity index (χ2v) is 8.04. The van der Waals surface area contributed by atoms with E-state index in [2.05, 4.69) is 10.6 Å². The Hall–Kier alpha value is -2.25. The number of rotatable bonds is 7. The minimum atomic E-state index is -4.47. The van der Waals surface area contributed by atoms with Crippen LogP contribution in [0.3, 0.4) is 0 Å². The Kier molecular flexibility index (Phi) is 8.15. The molecule has 0 heterocycles. The SMILES string of the molecule is CC(C)C[C@@H](NC(=O)c1ccc(Cl)cc1Cl)C(=O)NCc1cccc(C(F)(F)F)c1. The molecule has 162 valence electrons. The van der Waals surface area contributed by atoms with Crippen molar-refractivity contribution in [2.45, 2.75) is 39.0 Å². The summed E-state index contributed by atoms with van der Waals surface area (Å²) in [5.41, 5.74) is -0.326. The van der Waals surface area contributed by atoms with Crippen LogP contribution in [0.1, 0.15) is 41.8 Å². The first-order valence-corrected chi connectivity index (χ1v) is 9.92. The molecule has 30 heavy (non-hydrogen) atoms. The molecule has 0 aliphatic carbocycles. The maximum absolute atomic E-state index is 12.8. The lowest BCUT2D eigenvalue weighted by Gasteiger charge is -2.21. The predicted octanol–water partition coefficient (Wildman–Crippen LogP) is 5.47. The van der Waals surface area contributed by atoms with Crippen LogP contribution < -0.4 is 10.6 Å². The number of nitrogens with one attached hydrogen (secondary N) is 2. The van der Waals surface area contributed by atoms with Crippen LogP contribution in [-0.4, -0.2) is 17.9 Å². The molecule has 0 aliphatic heterocycles. The number of benzene rings is 2. The van der Waals surface area contributed by atoms with Gasteiger partial charge in [-0.2, -0.15) is 13.2 Å². The Morgan fingerprint density at radius 2 is 1.77 bits per heavy atom. The van der Waals surface area contributed by atoms with Gasteiger partial charge < -0.3 is 10.6 Å². The Morgan fingerprint density at radius 3 is 2.37 bits per heavy atom. The standard InChI is InChI=1S/C21H21Cl2F3N2O2/c1-12(2)8-18(28-19(29)16-7-6-15(22)10-17(16)23)20(30)27-11-13-4-3-5-14(9-13)21(24,25)26/h3-7,9-10,12,18H,8,11H2,1-2H3,(H,27,30)(H,28,29)/t18-/m1/s1. The second-order valence-electron chi connectivity index (χ2n) is 7.20. The third-order valence-corrected chi connectivity index (χ3v) is 4.77. The van der Waals surface area contributed by atoms with Crippen LogP contribution in [0, 0.1) is 5.92 Å². The van der Waals surface area contributed by atoms with Gasteiger partial charge in [0.1, 0.15) is 6.04 Å². The van der Waals surface area contributed by atoms with Gasteiger partial charge >= 0.3 is 6.18 Å². The van der Waals surface area contributed by atoms with E-state index in [9.17, 15) is 22.8 Å². The lowest BCUT2D eigenvalue weighted by atomic mass is 10.0. The predicted molar refractivity (Wildman–Crippen MR) is 110 cm³/mol. The highest BCUT2D eigenvalue weighted by Crippen LogP contribution is 2.29. The molecule has 0 bridgehead atoms. The van der Waals surface area contributed by atoms with Gasteiger partial charge in [0, 0.05) is 11.6 Å². The first kappa shape index (κ1) is 24.0. The van der Waals surface area contributed by atoms with Gasteiger partial charge in [-0.25, -0.2) is 0 Å². The van der Waals surface area contributed by atoms with E-state index in [1.165, 1.54) is 30.3 Å². The van der Waals surface area contributed by atoms with Gasteiger partial charge in [-0.3, -0.25) is 9.59 Å². The fourth-order valence-electron chi connectivity index (χ4n) is 2.78. The lowest BCUT2D eigenvalue weighted by Crippen LogP contribution is -2.47. The van der Waals surface area contributed by atoms with Crippen molar-refractivity contribution in [1.29, 1.82) is 0 Å². The van der Waals surface area contributed by atoms with Crippen LogP contribution in [0.25, 0.3) is 0 Å². The summed E-state index contributed by atoms with van der Waals surface area (Å²) in [6, 6.07) is 8.20. The summed E-state index contributed by atoms with van der Waals surface area (Å²) in [5, 5.41) is 5.74. The third-order valence-electron chi connectivity index (χ3n) is 4.23. The molecule has 9 heteroatoms. The molecule has 0 aliphatic rings. The maximum atomic E-state index is 12.8. The first-order chi connectivity index (χ1) is 14.0. The van der Waals surface area contributed by atoms with Crippen LogP contribution in [0.2, 0.25) is 10.0 Å². The summed E-state index contributed by atoms with van der Waals surface area (Å²) in [5.74, 6) is -0.966. The highest BCUT2D eigenvalue weighted by molar-refractivity contribution is 6.36. The van der Waals surface area contributed by atoms with Crippen LogP contribution >= 0.6 is 23.2 Å². The Balaban J connectivity index is 2.09. The minimum absolute atomic E-state index is 0.0790. The molecule has 2 amide bonds. The average Bonchev–Trinajstić information content (AvgIpc) is 2.64. The molecule has 2 rings (SSSR count). The number of carbonyl (C=O) groups is 2. The normalized spacial score (nSPS) is 12.5. The van der Waals surface area contributed by atoms with Gasteiger partial charge in [0.15, 0.2) is 0 Å². The van der Waals surface area contributed by atoms with Crippen LogP contribution in [0.15, 0.2) is 42.5 Å². The lowest BCUT2D eigenvalue weighted by molar-refractivity contribution is -0.137. The molecule has 1 atom stereocenters. The van der Waals surface area contributed by atoms with Gasteiger partial charge in [-0.1, -0.05) is 49.2 Å². The summed E-state index contributed by atoms with van der Waals surface area (Å²) in [6.07, 6.45) is -4.13. The molecule has 0 aromatic heterocycles. The van der Waals surface area contributed by atoms with E-state index in [4.69, 9.17) is 23.2 Å². The van der Waals surface area contributed by atoms with E-state index in [-0.39, 0.29) is 23.0 Å². The molecular weight excluding hydrogens is 440 g/mol. The monoisotopic (exact) mass is 460 g/mol. The molecule has 0 saturated carbocycles. The Labute approximate surface area is 182 Å². The van der Waals surface area contributed by atoms with Gasteiger partial charge in [0.25, 0.3) is 5.91 Å². The smallest absolute Gasteiger partial charge is 0.350 e. The molecule has 0 radical (unpaired) electrons. The van der Waals surface area contributed by atoms with Gasteiger partial charge in [-0.05, 0) is 48.2 Å². The molecule has 0 fully saturated rings. The molecule has 0 saturated heterocycles. The average molecular weight is 461 g/mol. The number of halogens is 5. The summed E-state index contributed by atoms with van der Waals surface area (Å²) in [6.45, 7) is 3.66. The highest BCUT2D eigenvalue weighted by atomic mass is 35.5. The molecule has 0 spiro atoms. The van der Waals surface area contributed by atoms with Gasteiger partial charge in [-0.15, -0.1) is 0 Å². The van der Waals surface area contributed by atoms with Crippen molar-refractivity contribution in [1.82, 2.24) is 10.6 Å². The van der Waals surface area contributed by atoms with Crippen LogP contribution in [-0.2, 0) is 17.5 Å². The quantitative estimate of drug-likeness (QED) is 0.575. The van der Waals surface area contributed by atoms with E-state index >= 15 is 0 Å². The van der Waals surface area contributed by atoms with E-state index in [1.807, 2.05) is 13.8 Å². The largest absolute Gasteiger partial charge is 0.416 e. The van der Waals surface area contributed by atoms with Crippen molar-refractivity contribution in [2.24, 2.45) is 5.92 Å². The van der Waals surface area contributed by atoms with Crippen molar-refractivity contribution in [2.75, 3.05) is 0 Å². The Bertz CT molecular complexity index is 917. The van der Waals surface area contributed by atoms with E-state index in [0.717, 1.165) is 12.1 Å². The zero-order chi connectivity index (χ0) is 22.5. The summed E-state index contributed by atoms with van der Waals surface area (Å²) in [4.78, 5) is 25.2. The highest BCUT2D eigenvalue weighted by Gasteiger charge is 2.30. The van der Waals surface area contributed by atoms with Crippen molar-refractivity contribution in [3.05, 3.63) is 69.2 Å². The number of carbonyl (C=O) groups excluding carboxylic acids is 2. The van der Waals surface area contributed by atoms with Crippen LogP contribution in [0.5, 0.6) is 0 Å². The zero-order valence-corrected chi connectivity index (χ0v) is 17.8. The van der Waals surface area contributed by atoms with Gasteiger partial charge in [0.05, 0.1) is 16.1 Å². The molecule has 2 aromatic rings. The molecule has 2 aromatic carbocycles. The fraction of sp³-hybridized carbons (Fsp3) is 0.333. The molecule has 0 unspecified atom stereocenters. The summed E-state index contributed by atoms with van der Waals surface area (Å²) < 4.78 is 38.5. The fourth-order valence-corrected chi connectivity index (χ4v) is 3.28. The summed E-state index contributed by atoms with van der Waals surface area (Å²) >= 11 is 11.9. The van der Waals surface area contributed by atoms with Crippen LogP contribution in [0.4, 0.5) is 13.2 Å². The van der Waals surface area contributed by atoms with Crippen molar-refractivity contribution in [3.8, 4) is 0 Å². The van der Waals surface area contributed by atoms with Crippen molar-refractivity contribution in [3.63, 3.8) is 0 Å². The number of amides is 2. The van der Waals surface area contributed by atoms with E-state index in [1.54, 1.807) is 0 Å².